The second-order valence-electron chi connectivity index (χ2n) is 5.84. The van der Waals surface area contributed by atoms with E-state index in [0.29, 0.717) is 5.82 Å². The predicted molar refractivity (Wildman–Crippen MR) is 93.5 cm³/mol. The van der Waals surface area contributed by atoms with Crippen LogP contribution in [0.15, 0.2) is 41.5 Å². The molecular formula is C19H17F2N3. The van der Waals surface area contributed by atoms with Gasteiger partial charge in [-0.15, -0.1) is 0 Å². The smallest absolute Gasteiger partial charge is 0.147 e. The maximum Gasteiger partial charge on any atom is 0.147 e. The molecule has 2 aromatic carbocycles. The topological polar surface area (TPSA) is 37.3 Å². The van der Waals surface area contributed by atoms with E-state index in [9.17, 15) is 8.78 Å². The summed E-state index contributed by atoms with van der Waals surface area (Å²) in [5.74, 6) is -0.699. The molecule has 0 unspecified atom stereocenters. The highest BCUT2D eigenvalue weighted by atomic mass is 19.1. The number of hydrogen-bond donors (Lipinski definition) is 1. The first-order valence-electron chi connectivity index (χ1n) is 7.57. The quantitative estimate of drug-likeness (QED) is 0.550. The molecule has 122 valence electrons. The second kappa shape index (κ2) is 6.35. The van der Waals surface area contributed by atoms with E-state index in [1.807, 2.05) is 19.9 Å². The van der Waals surface area contributed by atoms with Gasteiger partial charge in [-0.1, -0.05) is 11.6 Å². The molecule has 0 bridgehead atoms. The molecule has 24 heavy (non-hydrogen) atoms. The first-order chi connectivity index (χ1) is 11.4. The highest BCUT2D eigenvalue weighted by molar-refractivity contribution is 5.87. The number of hydrogen-bond acceptors (Lipinski definition) is 3. The molecule has 0 radical (unpaired) electrons. The van der Waals surface area contributed by atoms with Crippen LogP contribution < -0.4 is 5.43 Å². The highest BCUT2D eigenvalue weighted by Crippen LogP contribution is 2.24. The Bertz CT molecular complexity index is 949. The molecule has 3 rings (SSSR count). The van der Waals surface area contributed by atoms with Crippen molar-refractivity contribution in [3.8, 4) is 0 Å². The highest BCUT2D eigenvalue weighted by Gasteiger charge is 2.06. The summed E-state index contributed by atoms with van der Waals surface area (Å²) in [6.07, 6.45) is 1.30. The number of hydrazone groups is 1. The maximum absolute atomic E-state index is 13.6. The fourth-order valence-electron chi connectivity index (χ4n) is 2.68. The molecule has 1 aromatic heterocycles. The Balaban J connectivity index is 1.89. The number of aromatic nitrogens is 1. The van der Waals surface area contributed by atoms with Crippen molar-refractivity contribution in [2.24, 2.45) is 5.10 Å². The molecule has 1 N–H and O–H groups in total. The van der Waals surface area contributed by atoms with E-state index in [4.69, 9.17) is 0 Å². The molecular weight excluding hydrogens is 308 g/mol. The van der Waals surface area contributed by atoms with E-state index < -0.39 is 11.6 Å². The molecule has 0 amide bonds. The lowest BCUT2D eigenvalue weighted by Gasteiger charge is -2.09. The standard InChI is InChI=1S/C19H17F2N3/c1-11-6-13(3)19-16(7-11)12(2)8-18(23-19)24-22-10-14-4-5-15(20)9-17(14)21/h4-10H,1-3H3,(H,23,24). The van der Waals surface area contributed by atoms with Crippen LogP contribution in [0.3, 0.4) is 0 Å². The Labute approximate surface area is 139 Å². The SMILES string of the molecule is Cc1cc(C)c2nc(NN=Cc3ccc(F)cc3F)cc(C)c2c1. The van der Waals surface area contributed by atoms with Crippen LogP contribution in [0.4, 0.5) is 14.6 Å². The predicted octanol–water partition coefficient (Wildman–Crippen LogP) is 4.88. The zero-order valence-electron chi connectivity index (χ0n) is 13.7. The lowest BCUT2D eigenvalue weighted by molar-refractivity contribution is 0.582. The van der Waals surface area contributed by atoms with E-state index in [-0.39, 0.29) is 5.56 Å². The Kier molecular flexibility index (Phi) is 4.25. The monoisotopic (exact) mass is 325 g/mol. The van der Waals surface area contributed by atoms with Gasteiger partial charge in [0, 0.05) is 17.0 Å². The van der Waals surface area contributed by atoms with Crippen LogP contribution in [0.5, 0.6) is 0 Å². The molecule has 0 saturated carbocycles. The number of fused-ring (bicyclic) bond motifs is 1. The van der Waals surface area contributed by atoms with E-state index in [2.05, 4.69) is 34.6 Å². The zero-order chi connectivity index (χ0) is 17.3. The van der Waals surface area contributed by atoms with Gasteiger partial charge in [-0.05, 0) is 56.2 Å². The summed E-state index contributed by atoms with van der Waals surface area (Å²) in [6, 6.07) is 9.42. The largest absolute Gasteiger partial charge is 0.261 e. The number of nitrogens with one attached hydrogen (secondary N) is 1. The van der Waals surface area contributed by atoms with Crippen LogP contribution in [-0.2, 0) is 0 Å². The van der Waals surface area contributed by atoms with Gasteiger partial charge in [-0.2, -0.15) is 5.10 Å². The molecule has 0 spiro atoms. The Morgan fingerprint density at radius 3 is 2.54 bits per heavy atom. The van der Waals surface area contributed by atoms with Crippen molar-refractivity contribution in [3.63, 3.8) is 0 Å². The zero-order valence-corrected chi connectivity index (χ0v) is 13.7. The van der Waals surface area contributed by atoms with Gasteiger partial charge < -0.3 is 0 Å². The minimum atomic E-state index is -0.658. The molecule has 3 aromatic rings. The fraction of sp³-hybridized carbons (Fsp3) is 0.158. The van der Waals surface area contributed by atoms with Gasteiger partial charge >= 0.3 is 0 Å². The van der Waals surface area contributed by atoms with Crippen molar-refractivity contribution < 1.29 is 8.78 Å². The Hall–Kier alpha value is -2.82. The third kappa shape index (κ3) is 3.25. The summed E-state index contributed by atoms with van der Waals surface area (Å²) < 4.78 is 26.4. The summed E-state index contributed by atoms with van der Waals surface area (Å²) in [5, 5.41) is 5.10. The molecule has 0 atom stereocenters. The summed E-state index contributed by atoms with van der Waals surface area (Å²) in [5.41, 5.74) is 7.28. The fourth-order valence-corrected chi connectivity index (χ4v) is 2.68. The third-order valence-corrected chi connectivity index (χ3v) is 3.80. The van der Waals surface area contributed by atoms with Crippen molar-refractivity contribution in [1.82, 2.24) is 4.98 Å². The average molecular weight is 325 g/mol. The van der Waals surface area contributed by atoms with Gasteiger partial charge in [-0.3, -0.25) is 5.43 Å². The molecule has 1 heterocycles. The molecule has 3 nitrogen and oxygen atoms in total. The van der Waals surface area contributed by atoms with Crippen LogP contribution in [0.25, 0.3) is 10.9 Å². The van der Waals surface area contributed by atoms with Gasteiger partial charge in [0.05, 0.1) is 11.7 Å². The summed E-state index contributed by atoms with van der Waals surface area (Å²) in [6.45, 7) is 6.08. The van der Waals surface area contributed by atoms with Gasteiger partial charge in [0.15, 0.2) is 0 Å². The van der Waals surface area contributed by atoms with Gasteiger partial charge in [0.2, 0.25) is 0 Å². The van der Waals surface area contributed by atoms with Crippen molar-refractivity contribution in [1.29, 1.82) is 0 Å². The molecule has 0 aliphatic carbocycles. The van der Waals surface area contributed by atoms with Gasteiger partial charge in [0.25, 0.3) is 0 Å². The van der Waals surface area contributed by atoms with Crippen LogP contribution in [0.1, 0.15) is 22.3 Å². The summed E-state index contributed by atoms with van der Waals surface area (Å²) >= 11 is 0. The van der Waals surface area contributed by atoms with Crippen molar-refractivity contribution in [2.75, 3.05) is 5.43 Å². The van der Waals surface area contributed by atoms with Gasteiger partial charge in [-0.25, -0.2) is 13.8 Å². The number of rotatable bonds is 3. The van der Waals surface area contributed by atoms with Crippen LogP contribution in [-0.4, -0.2) is 11.2 Å². The Morgan fingerprint density at radius 1 is 1.00 bits per heavy atom. The minimum Gasteiger partial charge on any atom is -0.261 e. The van der Waals surface area contributed by atoms with E-state index in [1.165, 1.54) is 23.9 Å². The lowest BCUT2D eigenvalue weighted by Crippen LogP contribution is -1.98. The molecule has 0 saturated heterocycles. The van der Waals surface area contributed by atoms with Gasteiger partial charge in [0.1, 0.15) is 17.5 Å². The first-order valence-corrected chi connectivity index (χ1v) is 7.57. The number of nitrogens with zero attached hydrogens (tertiary/aromatic N) is 2. The molecule has 0 fully saturated rings. The van der Waals surface area contributed by atoms with Crippen molar-refractivity contribution in [3.05, 3.63) is 70.3 Å². The number of anilines is 1. The average Bonchev–Trinajstić information content (AvgIpc) is 2.51. The minimum absolute atomic E-state index is 0.202. The van der Waals surface area contributed by atoms with Crippen LogP contribution >= 0.6 is 0 Å². The molecule has 5 heteroatoms. The number of benzene rings is 2. The number of halogens is 2. The first kappa shape index (κ1) is 16.1. The van der Waals surface area contributed by atoms with Crippen molar-refractivity contribution in [2.45, 2.75) is 20.8 Å². The second-order valence-corrected chi connectivity index (χ2v) is 5.84. The van der Waals surface area contributed by atoms with E-state index in [0.717, 1.165) is 28.1 Å². The maximum atomic E-state index is 13.6. The lowest BCUT2D eigenvalue weighted by atomic mass is 10.0. The van der Waals surface area contributed by atoms with E-state index in [1.54, 1.807) is 0 Å². The van der Waals surface area contributed by atoms with Crippen LogP contribution in [0.2, 0.25) is 0 Å². The molecule has 0 aliphatic heterocycles. The summed E-state index contributed by atoms with van der Waals surface area (Å²) in [4.78, 5) is 4.57. The number of pyridine rings is 1. The molecule has 0 aliphatic rings. The van der Waals surface area contributed by atoms with Crippen LogP contribution in [0, 0.1) is 32.4 Å². The normalized spacial score (nSPS) is 11.4. The van der Waals surface area contributed by atoms with Crippen molar-refractivity contribution >= 4 is 22.9 Å². The third-order valence-electron chi connectivity index (χ3n) is 3.80. The Morgan fingerprint density at radius 2 is 1.79 bits per heavy atom. The summed E-state index contributed by atoms with van der Waals surface area (Å²) in [7, 11) is 0. The van der Waals surface area contributed by atoms with E-state index >= 15 is 0 Å². The number of aryl methyl sites for hydroxylation is 3.